The van der Waals surface area contributed by atoms with Crippen LogP contribution in [0.15, 0.2) is 84.0 Å². The molecule has 0 saturated carbocycles. The van der Waals surface area contributed by atoms with Gasteiger partial charge in [0.05, 0.1) is 0 Å². The molecule has 161 valence electrons. The maximum Gasteiger partial charge on any atom is 0 e. The minimum Gasteiger partial charge on any atom is -0.865 e. The van der Waals surface area contributed by atoms with Gasteiger partial charge in [0, 0.05) is 98.1 Å². The van der Waals surface area contributed by atoms with Crippen molar-refractivity contribution in [3.63, 3.8) is 0 Å². The molecule has 0 heterocycles. The van der Waals surface area contributed by atoms with Gasteiger partial charge in [-0.2, -0.15) is 35.4 Å². The van der Waals surface area contributed by atoms with Gasteiger partial charge >= 0.3 is 0 Å². The van der Waals surface area contributed by atoms with E-state index in [1.165, 1.54) is 27.8 Å². The second kappa shape index (κ2) is 14.9. The molecule has 34 heavy (non-hydrogen) atoms. The van der Waals surface area contributed by atoms with Crippen molar-refractivity contribution < 1.29 is 98.1 Å². The van der Waals surface area contributed by atoms with E-state index in [1.54, 1.807) is 43.4 Å². The van der Waals surface area contributed by atoms with Crippen molar-refractivity contribution in [2.24, 2.45) is 0 Å². The topological polar surface area (TPSA) is 44.6 Å². The predicted molar refractivity (Wildman–Crippen MR) is 128 cm³/mol. The quantitative estimate of drug-likeness (QED) is 0.176. The number of hydrogen-bond donors (Lipinski definition) is 0. The third-order valence-corrected chi connectivity index (χ3v) is 5.25. The summed E-state index contributed by atoms with van der Waals surface area (Å²) in [6.45, 7) is 3.89. The molecule has 2 aromatic rings. The molecule has 0 atom stereocenters. The molecular weight excluding hydrogens is 643 g/mol. The molecule has 0 aromatic heterocycles. The van der Waals surface area contributed by atoms with Crippen LogP contribution in [0.1, 0.15) is 29.2 Å². The second-order valence-electron chi connectivity index (χ2n) is 7.46. The van der Waals surface area contributed by atoms with Crippen LogP contribution in [-0.4, -0.2) is 11.4 Å². The van der Waals surface area contributed by atoms with Crippen LogP contribution in [0, 0.1) is 31.2 Å². The van der Waals surface area contributed by atoms with Gasteiger partial charge in [0.1, 0.15) is 0 Å². The first-order valence-electron chi connectivity index (χ1n) is 10.1. The summed E-state index contributed by atoms with van der Waals surface area (Å²) in [5, 5.41) is 20.4. The Morgan fingerprint density at radius 1 is 0.706 bits per heavy atom. The summed E-state index contributed by atoms with van der Waals surface area (Å²) in [5.74, 6) is 0. The molecule has 0 aliphatic heterocycles. The van der Waals surface area contributed by atoms with Gasteiger partial charge in [0.15, 0.2) is 0 Å². The second-order valence-corrected chi connectivity index (χ2v) is 7.46. The molecule has 0 amide bonds. The zero-order valence-electron chi connectivity index (χ0n) is 19.3. The van der Waals surface area contributed by atoms with Gasteiger partial charge in [0.25, 0.3) is 0 Å². The zero-order chi connectivity index (χ0) is 21.8. The molecule has 0 bridgehead atoms. The number of fused-ring (bicyclic) bond motifs is 3. The summed E-state index contributed by atoms with van der Waals surface area (Å²) < 4.78 is 0. The van der Waals surface area contributed by atoms with Crippen LogP contribution in [0.5, 0.6) is 0 Å². The van der Waals surface area contributed by atoms with Gasteiger partial charge in [-0.15, -0.1) is 19.1 Å². The number of nitrogens with zero attached hydrogens (tertiary/aromatic N) is 2. The SMILES string of the molecule is C[C-]=CC=[C-]C1=CC=C([C-]=CC=[C-]c2ccc3c(c2)Cc2cc(C)ccc2-3)C(=[N-])C1=[N-].[Y].[Y].[Y]. The van der Waals surface area contributed by atoms with Crippen molar-refractivity contribution in [1.29, 1.82) is 0 Å². The maximum atomic E-state index is 10.2. The normalized spacial score (nSPS) is 14.5. The summed E-state index contributed by atoms with van der Waals surface area (Å²) in [6, 6.07) is 13.0. The molecule has 0 spiro atoms. The third kappa shape index (κ3) is 7.52. The number of allylic oxidation sites excluding steroid dienone is 11. The summed E-state index contributed by atoms with van der Waals surface area (Å²) in [6.07, 6.45) is 23.0. The standard InChI is InChI=1S/C29H20N2.3Y/c1-3-4-5-9-22-13-14-23(29(31)28(22)30)10-7-6-8-21-12-16-27-25(18-21)19-24-17-20(2)11-15-26(24)27;;;/h4-7,11-18H,19H2,1-2H3;;;/q-6;;;. The molecule has 0 fully saturated rings. The Kier molecular flexibility index (Phi) is 13.9. The Morgan fingerprint density at radius 3 is 1.85 bits per heavy atom. The Morgan fingerprint density at radius 2 is 1.24 bits per heavy atom. The fourth-order valence-corrected chi connectivity index (χ4v) is 3.73. The minimum absolute atomic E-state index is 0. The van der Waals surface area contributed by atoms with E-state index in [2.05, 4.69) is 67.6 Å². The summed E-state index contributed by atoms with van der Waals surface area (Å²) in [4.78, 5) is 0. The van der Waals surface area contributed by atoms with Crippen LogP contribution in [0.3, 0.4) is 0 Å². The maximum absolute atomic E-state index is 10.2. The summed E-state index contributed by atoms with van der Waals surface area (Å²) in [5.41, 5.74) is 7.93. The van der Waals surface area contributed by atoms with E-state index in [9.17, 15) is 10.8 Å². The van der Waals surface area contributed by atoms with Crippen molar-refractivity contribution in [3.05, 3.63) is 141 Å². The van der Waals surface area contributed by atoms with E-state index in [-0.39, 0.29) is 110 Å². The number of aryl methyl sites for hydroxylation is 1. The predicted octanol–water partition coefficient (Wildman–Crippen LogP) is 6.25. The van der Waals surface area contributed by atoms with Crippen molar-refractivity contribution >= 4 is 11.4 Å². The smallest absolute Gasteiger partial charge is 0 e. The molecule has 2 aliphatic rings. The monoisotopic (exact) mass is 663 g/mol. The van der Waals surface area contributed by atoms with Crippen molar-refractivity contribution in [2.45, 2.75) is 20.3 Å². The third-order valence-electron chi connectivity index (χ3n) is 5.25. The fourth-order valence-electron chi connectivity index (χ4n) is 3.73. The van der Waals surface area contributed by atoms with Crippen LogP contribution in [0.4, 0.5) is 0 Å². The first-order valence-corrected chi connectivity index (χ1v) is 10.1. The number of hydrogen-bond acceptors (Lipinski definition) is 0. The Hall–Kier alpha value is -0.468. The minimum atomic E-state index is -0.224. The van der Waals surface area contributed by atoms with Crippen molar-refractivity contribution in [1.82, 2.24) is 0 Å². The first kappa shape index (κ1) is 31.6. The fraction of sp³-hybridized carbons (Fsp3) is 0.103. The van der Waals surface area contributed by atoms with Crippen molar-refractivity contribution in [3.8, 4) is 11.1 Å². The summed E-state index contributed by atoms with van der Waals surface area (Å²) in [7, 11) is 0. The number of rotatable bonds is 5. The molecule has 0 N–H and O–H groups in total. The molecule has 0 unspecified atom stereocenters. The largest absolute Gasteiger partial charge is 0.865 e. The Labute approximate surface area is 278 Å². The molecule has 4 rings (SSSR count). The molecule has 2 aliphatic carbocycles. The molecule has 2 aromatic carbocycles. The van der Waals surface area contributed by atoms with Gasteiger partial charge in [-0.25, -0.2) is 23.8 Å². The van der Waals surface area contributed by atoms with E-state index >= 15 is 0 Å². The molecule has 2 nitrogen and oxygen atoms in total. The molecule has 3 radical (unpaired) electrons. The van der Waals surface area contributed by atoms with Crippen LogP contribution < -0.4 is 0 Å². The van der Waals surface area contributed by atoms with Crippen LogP contribution >= 0.6 is 0 Å². The van der Waals surface area contributed by atoms with E-state index in [0.29, 0.717) is 11.1 Å². The van der Waals surface area contributed by atoms with Gasteiger partial charge in [0.2, 0.25) is 0 Å². The van der Waals surface area contributed by atoms with E-state index in [0.717, 1.165) is 12.0 Å². The van der Waals surface area contributed by atoms with Gasteiger partial charge in [-0.05, 0) is 30.0 Å². The van der Waals surface area contributed by atoms with E-state index in [1.807, 2.05) is 0 Å². The summed E-state index contributed by atoms with van der Waals surface area (Å²) >= 11 is 0. The van der Waals surface area contributed by atoms with Gasteiger partial charge < -0.3 is 34.4 Å². The molecule has 5 heteroatoms. The van der Waals surface area contributed by atoms with E-state index < -0.39 is 0 Å². The van der Waals surface area contributed by atoms with E-state index in [4.69, 9.17) is 0 Å². The first-order chi connectivity index (χ1) is 15.1. The molecule has 0 saturated heterocycles. The Balaban J connectivity index is 0.00000193. The number of benzene rings is 2. The van der Waals surface area contributed by atoms with Crippen LogP contribution in [0.2, 0.25) is 0 Å². The molecular formula is C29H20N2Y3-6. The average molecular weight is 663 g/mol. The average Bonchev–Trinajstić information content (AvgIpc) is 3.12. The van der Waals surface area contributed by atoms with Crippen LogP contribution in [0.25, 0.3) is 21.9 Å². The zero-order valence-corrected chi connectivity index (χ0v) is 27.8. The van der Waals surface area contributed by atoms with Gasteiger partial charge in [-0.1, -0.05) is 35.4 Å². The van der Waals surface area contributed by atoms with Crippen LogP contribution in [-0.2, 0) is 105 Å². The van der Waals surface area contributed by atoms with Crippen molar-refractivity contribution in [2.75, 3.05) is 0 Å². The van der Waals surface area contributed by atoms with Gasteiger partial charge in [-0.3, -0.25) is 6.08 Å². The Bertz CT molecular complexity index is 1260.